The SMILES string of the molecule is CCC(O)(CC(C)=O)C(=O)F. The molecule has 4 heteroatoms. The van der Waals surface area contributed by atoms with Crippen molar-refractivity contribution in [1.29, 1.82) is 0 Å². The zero-order valence-electron chi connectivity index (χ0n) is 6.56. The third-order valence-electron chi connectivity index (χ3n) is 1.49. The molecule has 0 aromatic carbocycles. The van der Waals surface area contributed by atoms with Gasteiger partial charge in [0, 0.05) is 6.42 Å². The van der Waals surface area contributed by atoms with Crippen LogP contribution in [0.2, 0.25) is 0 Å². The van der Waals surface area contributed by atoms with Crippen LogP contribution in [-0.2, 0) is 9.59 Å². The molecule has 1 atom stereocenters. The second-order valence-corrected chi connectivity index (χ2v) is 2.54. The Kier molecular flexibility index (Phi) is 3.32. The smallest absolute Gasteiger partial charge is 0.333 e. The summed E-state index contributed by atoms with van der Waals surface area (Å²) in [5, 5.41) is 9.12. The molecule has 3 nitrogen and oxygen atoms in total. The maximum atomic E-state index is 12.1. The van der Waals surface area contributed by atoms with Gasteiger partial charge >= 0.3 is 6.04 Å². The van der Waals surface area contributed by atoms with Crippen molar-refractivity contribution < 1.29 is 19.1 Å². The Morgan fingerprint density at radius 2 is 2.00 bits per heavy atom. The van der Waals surface area contributed by atoms with Crippen LogP contribution < -0.4 is 0 Å². The fraction of sp³-hybridized carbons (Fsp3) is 0.714. The van der Waals surface area contributed by atoms with Gasteiger partial charge in [-0.05, 0) is 13.3 Å². The first-order chi connectivity index (χ1) is 4.92. The maximum absolute atomic E-state index is 12.1. The highest BCUT2D eigenvalue weighted by atomic mass is 19.1. The highest BCUT2D eigenvalue weighted by Crippen LogP contribution is 2.17. The molecule has 0 amide bonds. The number of halogens is 1. The topological polar surface area (TPSA) is 54.4 Å². The molecule has 0 saturated heterocycles. The minimum absolute atomic E-state index is 0.0814. The van der Waals surface area contributed by atoms with Gasteiger partial charge in [-0.25, -0.2) is 0 Å². The summed E-state index contributed by atoms with van der Waals surface area (Å²) < 4.78 is 12.1. The summed E-state index contributed by atoms with van der Waals surface area (Å²) >= 11 is 0. The summed E-state index contributed by atoms with van der Waals surface area (Å²) in [7, 11) is 0. The van der Waals surface area contributed by atoms with Crippen molar-refractivity contribution in [2.75, 3.05) is 0 Å². The molecule has 1 N–H and O–H groups in total. The summed E-state index contributed by atoms with van der Waals surface area (Å²) in [6.45, 7) is 2.64. The average Bonchev–Trinajstić information content (AvgIpc) is 1.86. The Labute approximate surface area is 64.2 Å². The quantitative estimate of drug-likeness (QED) is 0.616. The highest BCUT2D eigenvalue weighted by Gasteiger charge is 2.35. The lowest BCUT2D eigenvalue weighted by molar-refractivity contribution is -0.153. The lowest BCUT2D eigenvalue weighted by atomic mass is 9.95. The second kappa shape index (κ2) is 3.57. The fourth-order valence-electron chi connectivity index (χ4n) is 0.745. The van der Waals surface area contributed by atoms with Gasteiger partial charge in [0.05, 0.1) is 0 Å². The zero-order chi connectivity index (χ0) is 9.07. The molecule has 0 saturated carbocycles. The van der Waals surface area contributed by atoms with Crippen molar-refractivity contribution in [3.05, 3.63) is 0 Å². The van der Waals surface area contributed by atoms with Gasteiger partial charge < -0.3 is 5.11 Å². The fourth-order valence-corrected chi connectivity index (χ4v) is 0.745. The number of hydrogen-bond acceptors (Lipinski definition) is 3. The van der Waals surface area contributed by atoms with Crippen LogP contribution in [0.3, 0.4) is 0 Å². The minimum atomic E-state index is -2.09. The van der Waals surface area contributed by atoms with Gasteiger partial charge in [-0.2, -0.15) is 4.39 Å². The zero-order valence-corrected chi connectivity index (χ0v) is 6.56. The van der Waals surface area contributed by atoms with E-state index in [1.165, 1.54) is 13.8 Å². The summed E-state index contributed by atoms with van der Waals surface area (Å²) in [6, 6.07) is -1.84. The van der Waals surface area contributed by atoms with Gasteiger partial charge in [-0.15, -0.1) is 0 Å². The van der Waals surface area contributed by atoms with E-state index in [2.05, 4.69) is 0 Å². The van der Waals surface area contributed by atoms with Crippen LogP contribution in [0.15, 0.2) is 0 Å². The van der Waals surface area contributed by atoms with E-state index in [1.807, 2.05) is 0 Å². The van der Waals surface area contributed by atoms with E-state index in [9.17, 15) is 14.0 Å². The standard InChI is InChI=1S/C7H11FO3/c1-3-7(11,6(8)10)4-5(2)9/h11H,3-4H2,1-2H3. The molecule has 64 valence electrons. The molecular formula is C7H11FO3. The molecule has 0 heterocycles. The number of Topliss-reactive ketones (excluding diaryl/α,β-unsaturated/α-hetero) is 1. The Morgan fingerprint density at radius 3 is 2.09 bits per heavy atom. The van der Waals surface area contributed by atoms with E-state index in [0.29, 0.717) is 0 Å². The monoisotopic (exact) mass is 162 g/mol. The van der Waals surface area contributed by atoms with Gasteiger partial charge in [0.25, 0.3) is 0 Å². The number of rotatable bonds is 4. The maximum Gasteiger partial charge on any atom is 0.333 e. The Balaban J connectivity index is 4.34. The van der Waals surface area contributed by atoms with Crippen LogP contribution in [0.5, 0.6) is 0 Å². The first-order valence-electron chi connectivity index (χ1n) is 3.34. The number of carbonyl (C=O) groups excluding carboxylic acids is 2. The summed E-state index contributed by atoms with van der Waals surface area (Å²) in [5.74, 6) is -0.402. The molecule has 11 heavy (non-hydrogen) atoms. The van der Waals surface area contributed by atoms with Gasteiger partial charge in [-0.3, -0.25) is 9.59 Å². The summed E-state index contributed by atoms with van der Waals surface area (Å²) in [6.07, 6.45) is -0.527. The Bertz CT molecular complexity index is 179. The molecule has 1 unspecified atom stereocenters. The molecule has 0 fully saturated rings. The van der Waals surface area contributed by atoms with Gasteiger partial charge in [-0.1, -0.05) is 6.92 Å². The largest absolute Gasteiger partial charge is 0.379 e. The lowest BCUT2D eigenvalue weighted by Crippen LogP contribution is -2.37. The van der Waals surface area contributed by atoms with Crippen LogP contribution in [-0.4, -0.2) is 22.5 Å². The van der Waals surface area contributed by atoms with Crippen LogP contribution in [0, 0.1) is 0 Å². The van der Waals surface area contributed by atoms with Crippen LogP contribution in [0.25, 0.3) is 0 Å². The molecule has 0 aliphatic carbocycles. The molecule has 0 spiro atoms. The number of hydrogen-bond donors (Lipinski definition) is 1. The van der Waals surface area contributed by atoms with Crippen molar-refractivity contribution in [1.82, 2.24) is 0 Å². The van der Waals surface area contributed by atoms with E-state index < -0.39 is 23.8 Å². The van der Waals surface area contributed by atoms with Gasteiger partial charge in [0.2, 0.25) is 0 Å². The number of ketones is 1. The minimum Gasteiger partial charge on any atom is -0.379 e. The third kappa shape index (κ3) is 2.76. The Morgan fingerprint density at radius 1 is 1.55 bits per heavy atom. The van der Waals surface area contributed by atoms with Gasteiger partial charge in [0.15, 0.2) is 5.60 Å². The number of carbonyl (C=O) groups is 2. The second-order valence-electron chi connectivity index (χ2n) is 2.54. The van der Waals surface area contributed by atoms with Crippen molar-refractivity contribution in [2.45, 2.75) is 32.3 Å². The van der Waals surface area contributed by atoms with E-state index in [4.69, 9.17) is 5.11 Å². The van der Waals surface area contributed by atoms with E-state index in [1.54, 1.807) is 0 Å². The summed E-state index contributed by atoms with van der Waals surface area (Å²) in [4.78, 5) is 20.6. The molecule has 0 aromatic rings. The predicted octanol–water partition coefficient (Wildman–Crippen LogP) is 0.603. The van der Waals surface area contributed by atoms with Gasteiger partial charge in [0.1, 0.15) is 5.78 Å². The van der Waals surface area contributed by atoms with E-state index in [0.717, 1.165) is 0 Å². The lowest BCUT2D eigenvalue weighted by Gasteiger charge is -2.18. The first-order valence-corrected chi connectivity index (χ1v) is 3.34. The van der Waals surface area contributed by atoms with Crippen LogP contribution in [0.4, 0.5) is 4.39 Å². The van der Waals surface area contributed by atoms with Crippen molar-refractivity contribution >= 4 is 11.8 Å². The van der Waals surface area contributed by atoms with Crippen molar-refractivity contribution in [3.63, 3.8) is 0 Å². The molecule has 0 aromatic heterocycles. The van der Waals surface area contributed by atoms with E-state index >= 15 is 0 Å². The third-order valence-corrected chi connectivity index (χ3v) is 1.49. The molecular weight excluding hydrogens is 151 g/mol. The van der Waals surface area contributed by atoms with Crippen LogP contribution in [0.1, 0.15) is 26.7 Å². The van der Waals surface area contributed by atoms with Crippen LogP contribution >= 0.6 is 0 Å². The highest BCUT2D eigenvalue weighted by molar-refractivity contribution is 5.86. The van der Waals surface area contributed by atoms with E-state index in [-0.39, 0.29) is 6.42 Å². The normalized spacial score (nSPS) is 15.6. The first kappa shape index (κ1) is 10.2. The molecule has 0 aliphatic heterocycles. The molecule has 0 bridgehead atoms. The number of aliphatic hydroxyl groups is 1. The van der Waals surface area contributed by atoms with Crippen molar-refractivity contribution in [3.8, 4) is 0 Å². The Hall–Kier alpha value is -0.770. The average molecular weight is 162 g/mol. The summed E-state index contributed by atoms with van der Waals surface area (Å²) in [5.41, 5.74) is -2.09. The van der Waals surface area contributed by atoms with Crippen molar-refractivity contribution in [2.24, 2.45) is 0 Å². The predicted molar refractivity (Wildman–Crippen MR) is 36.7 cm³/mol. The molecule has 0 radical (unpaired) electrons. The molecule has 0 rings (SSSR count). The molecule has 0 aliphatic rings.